The molecule has 4 rings (SSSR count). The second kappa shape index (κ2) is 6.41. The molecule has 0 unspecified atom stereocenters. The first kappa shape index (κ1) is 16.0. The number of amides is 1. The fourth-order valence-electron chi connectivity index (χ4n) is 2.50. The Bertz CT molecular complexity index is 1100. The Morgan fingerprint density at radius 3 is 2.62 bits per heavy atom. The maximum atomic E-state index is 12.4. The minimum absolute atomic E-state index is 0.129. The predicted molar refractivity (Wildman–Crippen MR) is 98.4 cm³/mol. The first-order valence-electron chi connectivity index (χ1n) is 7.62. The second-order valence-electron chi connectivity index (χ2n) is 5.38. The highest BCUT2D eigenvalue weighted by Crippen LogP contribution is 2.34. The molecule has 2 aromatic heterocycles. The van der Waals surface area contributed by atoms with Gasteiger partial charge in [0.15, 0.2) is 5.76 Å². The van der Waals surface area contributed by atoms with Crippen LogP contribution < -0.4 is 5.32 Å². The van der Waals surface area contributed by atoms with Crippen LogP contribution in [0.3, 0.4) is 0 Å². The molecule has 0 aliphatic heterocycles. The molecule has 7 nitrogen and oxygen atoms in total. The number of carbonyl (C=O) groups excluding carboxylic acids is 1. The zero-order valence-electron chi connectivity index (χ0n) is 13.2. The molecule has 0 radical (unpaired) electrons. The molecular weight excluding hydrogens is 354 g/mol. The number of para-hydroxylation sites is 2. The molecule has 1 amide bonds. The average molecular weight is 365 g/mol. The first-order chi connectivity index (χ1) is 12.6. The van der Waals surface area contributed by atoms with Crippen molar-refractivity contribution in [2.75, 3.05) is 5.32 Å². The number of hydrogen-bond donors (Lipinski definition) is 1. The van der Waals surface area contributed by atoms with Gasteiger partial charge in [-0.3, -0.25) is 14.9 Å². The van der Waals surface area contributed by atoms with E-state index in [1.807, 2.05) is 36.4 Å². The van der Waals surface area contributed by atoms with E-state index in [0.29, 0.717) is 5.69 Å². The van der Waals surface area contributed by atoms with Gasteiger partial charge in [0.05, 0.1) is 22.0 Å². The van der Waals surface area contributed by atoms with Crippen molar-refractivity contribution in [1.82, 2.24) is 4.98 Å². The Kier molecular flexibility index (Phi) is 3.94. The summed E-state index contributed by atoms with van der Waals surface area (Å²) in [4.78, 5) is 27.0. The van der Waals surface area contributed by atoms with Gasteiger partial charge in [-0.25, -0.2) is 4.98 Å². The van der Waals surface area contributed by atoms with Crippen molar-refractivity contribution in [2.24, 2.45) is 0 Å². The molecule has 0 spiro atoms. The molecule has 1 N–H and O–H groups in total. The fraction of sp³-hybridized carbons (Fsp3) is 0. The van der Waals surface area contributed by atoms with Crippen LogP contribution >= 0.6 is 11.3 Å². The molecule has 0 aliphatic rings. The number of nitrogens with zero attached hydrogens (tertiary/aromatic N) is 2. The van der Waals surface area contributed by atoms with Crippen LogP contribution in [0, 0.1) is 10.1 Å². The Morgan fingerprint density at radius 2 is 1.85 bits per heavy atom. The lowest BCUT2D eigenvalue weighted by molar-refractivity contribution is -0.402. The molecule has 2 aromatic carbocycles. The summed E-state index contributed by atoms with van der Waals surface area (Å²) in [5.74, 6) is -1.17. The highest BCUT2D eigenvalue weighted by molar-refractivity contribution is 7.21. The summed E-state index contributed by atoms with van der Waals surface area (Å²) in [6, 6.07) is 17.5. The topological polar surface area (TPSA) is 98.3 Å². The minimum atomic E-state index is -0.689. The number of benzene rings is 2. The standard InChI is InChI=1S/C18H11N3O4S/c22-17(14-9-10-16(25-14)21(23)24)19-12-6-2-1-5-11(12)18-20-13-7-3-4-8-15(13)26-18/h1-10H,(H,19,22). The zero-order chi connectivity index (χ0) is 18.1. The van der Waals surface area contributed by atoms with Crippen molar-refractivity contribution in [3.05, 3.63) is 76.5 Å². The molecule has 0 saturated carbocycles. The van der Waals surface area contributed by atoms with Gasteiger partial charge in [-0.2, -0.15) is 0 Å². The molecule has 2 heterocycles. The number of carbonyl (C=O) groups is 1. The maximum Gasteiger partial charge on any atom is 0.433 e. The lowest BCUT2D eigenvalue weighted by atomic mass is 10.2. The van der Waals surface area contributed by atoms with Crippen LogP contribution in [0.25, 0.3) is 20.8 Å². The van der Waals surface area contributed by atoms with Gasteiger partial charge < -0.3 is 9.73 Å². The third-order valence-electron chi connectivity index (χ3n) is 3.70. The molecule has 0 aliphatic carbocycles. The third-order valence-corrected chi connectivity index (χ3v) is 4.76. The van der Waals surface area contributed by atoms with E-state index in [1.54, 1.807) is 12.1 Å². The van der Waals surface area contributed by atoms with Gasteiger partial charge in [-0.15, -0.1) is 11.3 Å². The van der Waals surface area contributed by atoms with Gasteiger partial charge in [-0.1, -0.05) is 24.3 Å². The molecule has 0 fully saturated rings. The number of hydrogen-bond acceptors (Lipinski definition) is 6. The number of nitrogens with one attached hydrogen (secondary N) is 1. The molecule has 0 bridgehead atoms. The zero-order valence-corrected chi connectivity index (χ0v) is 14.0. The number of nitro groups is 1. The van der Waals surface area contributed by atoms with Gasteiger partial charge in [-0.05, 0) is 30.3 Å². The van der Waals surface area contributed by atoms with E-state index in [-0.39, 0.29) is 5.76 Å². The predicted octanol–water partition coefficient (Wildman–Crippen LogP) is 4.72. The Hall–Kier alpha value is -3.52. The third kappa shape index (κ3) is 2.93. The lowest BCUT2D eigenvalue weighted by Crippen LogP contribution is -2.11. The van der Waals surface area contributed by atoms with E-state index in [2.05, 4.69) is 10.3 Å². The molecule has 0 atom stereocenters. The fourth-order valence-corrected chi connectivity index (χ4v) is 3.50. The number of fused-ring (bicyclic) bond motifs is 1. The maximum absolute atomic E-state index is 12.4. The summed E-state index contributed by atoms with van der Waals surface area (Å²) in [6.45, 7) is 0. The number of anilines is 1. The monoisotopic (exact) mass is 365 g/mol. The van der Waals surface area contributed by atoms with Crippen molar-refractivity contribution in [3.63, 3.8) is 0 Å². The van der Waals surface area contributed by atoms with E-state index >= 15 is 0 Å². The Morgan fingerprint density at radius 1 is 1.08 bits per heavy atom. The minimum Gasteiger partial charge on any atom is -0.395 e. The number of thiazole rings is 1. The highest BCUT2D eigenvalue weighted by Gasteiger charge is 2.19. The summed E-state index contributed by atoms with van der Waals surface area (Å²) in [6.07, 6.45) is 0. The van der Waals surface area contributed by atoms with Crippen molar-refractivity contribution < 1.29 is 14.1 Å². The summed E-state index contributed by atoms with van der Waals surface area (Å²) in [5, 5.41) is 14.2. The van der Waals surface area contributed by atoms with Crippen LogP contribution in [-0.4, -0.2) is 15.8 Å². The van der Waals surface area contributed by atoms with Crippen LogP contribution in [0.5, 0.6) is 0 Å². The van der Waals surface area contributed by atoms with Gasteiger partial charge in [0.1, 0.15) is 9.93 Å². The van der Waals surface area contributed by atoms with Crippen LogP contribution in [0.2, 0.25) is 0 Å². The molecule has 26 heavy (non-hydrogen) atoms. The number of furan rings is 1. The van der Waals surface area contributed by atoms with Crippen molar-refractivity contribution >= 4 is 39.0 Å². The summed E-state index contributed by atoms with van der Waals surface area (Å²) < 4.78 is 6.00. The van der Waals surface area contributed by atoms with Crippen LogP contribution in [-0.2, 0) is 0 Å². The molecular formula is C18H11N3O4S. The Balaban J connectivity index is 1.67. The van der Waals surface area contributed by atoms with Gasteiger partial charge >= 0.3 is 5.88 Å². The first-order valence-corrected chi connectivity index (χ1v) is 8.44. The Labute approximate surface area is 151 Å². The van der Waals surface area contributed by atoms with Gasteiger partial charge in [0, 0.05) is 5.56 Å². The summed E-state index contributed by atoms with van der Waals surface area (Å²) >= 11 is 1.52. The molecule has 0 saturated heterocycles. The van der Waals surface area contributed by atoms with E-state index < -0.39 is 16.7 Å². The number of rotatable bonds is 4. The van der Waals surface area contributed by atoms with Gasteiger partial charge in [0.25, 0.3) is 5.91 Å². The second-order valence-corrected chi connectivity index (χ2v) is 6.41. The van der Waals surface area contributed by atoms with Crippen LogP contribution in [0.15, 0.2) is 65.1 Å². The van der Waals surface area contributed by atoms with E-state index in [0.717, 1.165) is 26.9 Å². The quantitative estimate of drug-likeness (QED) is 0.417. The van der Waals surface area contributed by atoms with E-state index in [1.165, 1.54) is 17.4 Å². The normalized spacial score (nSPS) is 10.8. The largest absolute Gasteiger partial charge is 0.433 e. The van der Waals surface area contributed by atoms with Crippen LogP contribution in [0.1, 0.15) is 10.6 Å². The van der Waals surface area contributed by atoms with Crippen molar-refractivity contribution in [2.45, 2.75) is 0 Å². The summed E-state index contributed by atoms with van der Waals surface area (Å²) in [7, 11) is 0. The number of aromatic nitrogens is 1. The average Bonchev–Trinajstić information content (AvgIpc) is 3.29. The van der Waals surface area contributed by atoms with Gasteiger partial charge in [0.2, 0.25) is 0 Å². The van der Waals surface area contributed by atoms with Crippen LogP contribution in [0.4, 0.5) is 11.6 Å². The highest BCUT2D eigenvalue weighted by atomic mass is 32.1. The molecule has 8 heteroatoms. The SMILES string of the molecule is O=C(Nc1ccccc1-c1nc2ccccc2s1)c1ccc([N+](=O)[O-])o1. The summed E-state index contributed by atoms with van der Waals surface area (Å²) in [5.41, 5.74) is 2.20. The van der Waals surface area contributed by atoms with E-state index in [9.17, 15) is 14.9 Å². The smallest absolute Gasteiger partial charge is 0.395 e. The molecule has 128 valence electrons. The lowest BCUT2D eigenvalue weighted by Gasteiger charge is -2.07. The van der Waals surface area contributed by atoms with Crippen molar-refractivity contribution in [1.29, 1.82) is 0 Å². The van der Waals surface area contributed by atoms with Crippen molar-refractivity contribution in [3.8, 4) is 10.6 Å². The molecule has 4 aromatic rings. The van der Waals surface area contributed by atoms with E-state index in [4.69, 9.17) is 4.42 Å².